The number of imidazole rings is 1. The first-order valence-corrected chi connectivity index (χ1v) is 7.97. The highest BCUT2D eigenvalue weighted by Gasteiger charge is 2.06. The molecule has 0 unspecified atom stereocenters. The first-order valence-electron chi connectivity index (χ1n) is 5.76. The Morgan fingerprint density at radius 3 is 2.74 bits per heavy atom. The van der Waals surface area contributed by atoms with Crippen molar-refractivity contribution < 1.29 is 0 Å². The monoisotopic (exact) mass is 288 g/mol. The number of hydrogen-bond acceptors (Lipinski definition) is 5. The normalized spacial score (nSPS) is 11.0. The number of thioether (sulfide) groups is 2. The Labute approximate surface area is 119 Å². The molecule has 0 radical (unpaired) electrons. The molecular weight excluding hydrogens is 276 g/mol. The van der Waals surface area contributed by atoms with Gasteiger partial charge in [0.15, 0.2) is 5.65 Å². The Hall–Kier alpha value is -1.53. The molecule has 0 bridgehead atoms. The van der Waals surface area contributed by atoms with Crippen molar-refractivity contribution in [1.82, 2.24) is 19.9 Å². The number of H-pyrrole nitrogens is 1. The minimum atomic E-state index is 0.718. The summed E-state index contributed by atoms with van der Waals surface area (Å²) in [6.07, 6.45) is 5.29. The van der Waals surface area contributed by atoms with Crippen molar-refractivity contribution in [3.05, 3.63) is 42.5 Å². The summed E-state index contributed by atoms with van der Waals surface area (Å²) in [5.41, 5.74) is 2.91. The number of rotatable bonds is 4. The van der Waals surface area contributed by atoms with Gasteiger partial charge in [-0.2, -0.15) is 0 Å². The second kappa shape index (κ2) is 5.63. The quantitative estimate of drug-likeness (QED) is 0.589. The third kappa shape index (κ3) is 2.74. The van der Waals surface area contributed by atoms with Crippen LogP contribution in [0.3, 0.4) is 0 Å². The topological polar surface area (TPSA) is 54.5 Å². The zero-order valence-corrected chi connectivity index (χ0v) is 12.0. The van der Waals surface area contributed by atoms with Gasteiger partial charge >= 0.3 is 0 Å². The summed E-state index contributed by atoms with van der Waals surface area (Å²) in [5, 5.41) is 0.941. The van der Waals surface area contributed by atoms with Crippen LogP contribution in [0.25, 0.3) is 11.2 Å². The molecule has 2 aromatic heterocycles. The summed E-state index contributed by atoms with van der Waals surface area (Å²) in [6, 6.07) is 8.60. The number of aromatic nitrogens is 4. The van der Waals surface area contributed by atoms with Gasteiger partial charge in [-0.25, -0.2) is 15.0 Å². The van der Waals surface area contributed by atoms with Crippen LogP contribution in [0.5, 0.6) is 0 Å². The lowest BCUT2D eigenvalue weighted by molar-refractivity contribution is 1.08. The molecule has 4 nitrogen and oxygen atoms in total. The van der Waals surface area contributed by atoms with Crippen LogP contribution >= 0.6 is 23.5 Å². The van der Waals surface area contributed by atoms with Crippen molar-refractivity contribution in [2.75, 3.05) is 6.26 Å². The minimum absolute atomic E-state index is 0.718. The van der Waals surface area contributed by atoms with E-state index in [4.69, 9.17) is 0 Å². The summed E-state index contributed by atoms with van der Waals surface area (Å²) >= 11 is 3.45. The molecular formula is C13H12N4S2. The van der Waals surface area contributed by atoms with Crippen LogP contribution in [0.1, 0.15) is 5.56 Å². The van der Waals surface area contributed by atoms with Crippen LogP contribution in [-0.2, 0) is 5.75 Å². The van der Waals surface area contributed by atoms with E-state index >= 15 is 0 Å². The zero-order valence-electron chi connectivity index (χ0n) is 10.3. The number of nitrogens with one attached hydrogen (secondary N) is 1. The third-order valence-electron chi connectivity index (χ3n) is 2.72. The molecule has 2 heterocycles. The first kappa shape index (κ1) is 12.5. The average Bonchev–Trinajstić information content (AvgIpc) is 2.94. The Bertz CT molecular complexity index is 678. The number of nitrogens with zero attached hydrogens (tertiary/aromatic N) is 3. The lowest BCUT2D eigenvalue weighted by atomic mass is 10.2. The second-order valence-electron chi connectivity index (χ2n) is 3.92. The second-order valence-corrected chi connectivity index (χ2v) is 5.76. The van der Waals surface area contributed by atoms with E-state index in [0.717, 1.165) is 21.9 Å². The maximum atomic E-state index is 4.30. The first-order chi connectivity index (χ1) is 9.36. The molecule has 0 aliphatic carbocycles. The lowest BCUT2D eigenvalue weighted by Crippen LogP contribution is -1.87. The summed E-state index contributed by atoms with van der Waals surface area (Å²) in [7, 11) is 0. The average molecular weight is 288 g/mol. The van der Waals surface area contributed by atoms with Crippen LogP contribution in [0, 0.1) is 0 Å². The van der Waals surface area contributed by atoms with Crippen molar-refractivity contribution in [2.45, 2.75) is 15.7 Å². The van der Waals surface area contributed by atoms with E-state index in [9.17, 15) is 0 Å². The molecule has 0 fully saturated rings. The van der Waals surface area contributed by atoms with Crippen LogP contribution in [0.15, 0.2) is 46.8 Å². The van der Waals surface area contributed by atoms with Crippen molar-refractivity contribution in [1.29, 1.82) is 0 Å². The van der Waals surface area contributed by atoms with E-state index in [-0.39, 0.29) is 0 Å². The predicted octanol–water partition coefficient (Wildman–Crippen LogP) is 3.37. The van der Waals surface area contributed by atoms with Gasteiger partial charge < -0.3 is 4.98 Å². The Balaban J connectivity index is 1.76. The standard InChI is InChI=1S/C13H12N4S2/c1-18-10-4-2-9(3-5-10)6-19-13-11-12(15-7-14-11)16-8-17-13/h2-5,7-8H,6H2,1H3,(H,14,15,16,17). The molecule has 0 amide bonds. The van der Waals surface area contributed by atoms with Crippen molar-refractivity contribution in [2.24, 2.45) is 0 Å². The fourth-order valence-electron chi connectivity index (χ4n) is 1.73. The molecule has 6 heteroatoms. The van der Waals surface area contributed by atoms with E-state index < -0.39 is 0 Å². The SMILES string of the molecule is CSc1ccc(CSc2ncnc3nc[nH]c23)cc1. The molecule has 96 valence electrons. The summed E-state index contributed by atoms with van der Waals surface area (Å²) in [4.78, 5) is 16.9. The number of benzene rings is 1. The molecule has 3 aromatic rings. The van der Waals surface area contributed by atoms with Gasteiger partial charge in [0.25, 0.3) is 0 Å². The number of aromatic amines is 1. The number of hydrogen-bond donors (Lipinski definition) is 1. The fraction of sp³-hybridized carbons (Fsp3) is 0.154. The number of fused-ring (bicyclic) bond motifs is 1. The van der Waals surface area contributed by atoms with Crippen molar-refractivity contribution >= 4 is 34.7 Å². The maximum absolute atomic E-state index is 4.30. The highest BCUT2D eigenvalue weighted by Crippen LogP contribution is 2.26. The molecule has 0 aliphatic heterocycles. The smallest absolute Gasteiger partial charge is 0.181 e. The summed E-state index contributed by atoms with van der Waals surface area (Å²) in [6.45, 7) is 0. The van der Waals surface area contributed by atoms with Gasteiger partial charge in [-0.15, -0.1) is 11.8 Å². The molecule has 0 aliphatic rings. The molecule has 1 aromatic carbocycles. The third-order valence-corrected chi connectivity index (χ3v) is 4.53. The molecule has 0 spiro atoms. The van der Waals surface area contributed by atoms with Gasteiger partial charge in [0.05, 0.1) is 6.33 Å². The van der Waals surface area contributed by atoms with Gasteiger partial charge in [-0.1, -0.05) is 23.9 Å². The molecule has 19 heavy (non-hydrogen) atoms. The summed E-state index contributed by atoms with van der Waals surface area (Å²) < 4.78 is 0. The highest BCUT2D eigenvalue weighted by atomic mass is 32.2. The molecule has 0 saturated carbocycles. The Kier molecular flexibility index (Phi) is 3.70. The van der Waals surface area contributed by atoms with Crippen molar-refractivity contribution in [3.8, 4) is 0 Å². The van der Waals surface area contributed by atoms with E-state index in [1.54, 1.807) is 36.2 Å². The van der Waals surface area contributed by atoms with Crippen LogP contribution < -0.4 is 0 Å². The Morgan fingerprint density at radius 2 is 1.95 bits per heavy atom. The van der Waals surface area contributed by atoms with Gasteiger partial charge in [0.2, 0.25) is 0 Å². The maximum Gasteiger partial charge on any atom is 0.181 e. The van der Waals surface area contributed by atoms with E-state index in [1.165, 1.54) is 10.5 Å². The molecule has 1 N–H and O–H groups in total. The zero-order chi connectivity index (χ0) is 13.1. The highest BCUT2D eigenvalue weighted by molar-refractivity contribution is 7.98. The Morgan fingerprint density at radius 1 is 1.11 bits per heavy atom. The van der Waals surface area contributed by atoms with E-state index in [1.807, 2.05) is 0 Å². The van der Waals surface area contributed by atoms with Gasteiger partial charge in [-0.05, 0) is 24.0 Å². The van der Waals surface area contributed by atoms with Gasteiger partial charge in [-0.3, -0.25) is 0 Å². The van der Waals surface area contributed by atoms with Crippen LogP contribution in [-0.4, -0.2) is 26.2 Å². The largest absolute Gasteiger partial charge is 0.341 e. The molecule has 0 saturated heterocycles. The van der Waals surface area contributed by atoms with Gasteiger partial charge in [0, 0.05) is 10.6 Å². The van der Waals surface area contributed by atoms with Crippen LogP contribution in [0.2, 0.25) is 0 Å². The minimum Gasteiger partial charge on any atom is -0.341 e. The van der Waals surface area contributed by atoms with Crippen molar-refractivity contribution in [3.63, 3.8) is 0 Å². The summed E-state index contributed by atoms with van der Waals surface area (Å²) in [5.74, 6) is 0.889. The van der Waals surface area contributed by atoms with E-state index in [0.29, 0.717) is 0 Å². The molecule has 3 rings (SSSR count). The van der Waals surface area contributed by atoms with Gasteiger partial charge in [0.1, 0.15) is 16.9 Å². The van der Waals surface area contributed by atoms with E-state index in [2.05, 4.69) is 50.5 Å². The predicted molar refractivity (Wildman–Crippen MR) is 79.5 cm³/mol. The molecule has 0 atom stereocenters. The lowest BCUT2D eigenvalue weighted by Gasteiger charge is -2.03. The van der Waals surface area contributed by atoms with Crippen LogP contribution in [0.4, 0.5) is 0 Å². The fourth-order valence-corrected chi connectivity index (χ4v) is 3.05.